The van der Waals surface area contributed by atoms with Crippen LogP contribution >= 0.6 is 7.82 Å². The third-order valence-electron chi connectivity index (χ3n) is 5.72. The highest BCUT2D eigenvalue weighted by atomic mass is 31.2. The smallest absolute Gasteiger partial charge is 0.458 e. The van der Waals surface area contributed by atoms with Crippen LogP contribution in [0, 0.1) is 0 Å². The summed E-state index contributed by atoms with van der Waals surface area (Å²) in [5, 5.41) is 0. The molecular formula is C26H55NO7P+. The van der Waals surface area contributed by atoms with Gasteiger partial charge in [0.05, 0.1) is 34.4 Å². The molecule has 0 aromatic rings. The zero-order chi connectivity index (χ0) is 26.4. The summed E-state index contributed by atoms with van der Waals surface area (Å²) in [4.78, 5) is 21.2. The van der Waals surface area contributed by atoms with Crippen LogP contribution < -0.4 is 0 Å². The number of rotatable bonds is 25. The van der Waals surface area contributed by atoms with E-state index in [1.807, 2.05) is 21.1 Å². The van der Waals surface area contributed by atoms with Crippen LogP contribution in [0.3, 0.4) is 0 Å². The molecule has 0 aliphatic rings. The average Bonchev–Trinajstić information content (AvgIpc) is 2.75. The molecule has 0 rings (SSSR count). The van der Waals surface area contributed by atoms with Crippen molar-refractivity contribution in [3.05, 3.63) is 0 Å². The molecule has 0 aliphatic heterocycles. The van der Waals surface area contributed by atoms with E-state index in [4.69, 9.17) is 18.5 Å². The number of esters is 1. The number of carbonyl (C=O) groups excluding carboxylic acids is 1. The summed E-state index contributed by atoms with van der Waals surface area (Å²) >= 11 is 0. The normalized spacial score (nSPS) is 14.6. The Hall–Kier alpha value is -0.500. The van der Waals surface area contributed by atoms with E-state index in [0.717, 1.165) is 12.8 Å². The lowest BCUT2D eigenvalue weighted by atomic mass is 10.0. The van der Waals surface area contributed by atoms with Gasteiger partial charge in [-0.3, -0.25) is 13.8 Å². The van der Waals surface area contributed by atoms with Gasteiger partial charge in [0, 0.05) is 13.5 Å². The van der Waals surface area contributed by atoms with E-state index < -0.39 is 19.9 Å². The van der Waals surface area contributed by atoms with Gasteiger partial charge in [0.15, 0.2) is 0 Å². The molecule has 0 bridgehead atoms. The molecule has 35 heavy (non-hydrogen) atoms. The van der Waals surface area contributed by atoms with E-state index in [-0.39, 0.29) is 19.8 Å². The molecule has 0 saturated carbocycles. The van der Waals surface area contributed by atoms with Gasteiger partial charge >= 0.3 is 13.8 Å². The Bertz CT molecular complexity index is 554. The fourth-order valence-corrected chi connectivity index (χ4v) is 4.35. The first kappa shape index (κ1) is 34.5. The number of likely N-dealkylation sites (N-methyl/N-ethyl adjacent to an activating group) is 1. The predicted octanol–water partition coefficient (Wildman–Crippen LogP) is 6.26. The molecule has 210 valence electrons. The molecule has 0 aliphatic carbocycles. The van der Waals surface area contributed by atoms with Crippen molar-refractivity contribution in [1.82, 2.24) is 0 Å². The Morgan fingerprint density at radius 2 is 1.34 bits per heavy atom. The lowest BCUT2D eigenvalue weighted by molar-refractivity contribution is -0.870. The molecule has 0 heterocycles. The Balaban J connectivity index is 3.77. The van der Waals surface area contributed by atoms with Gasteiger partial charge in [0.25, 0.3) is 0 Å². The molecule has 9 heteroatoms. The van der Waals surface area contributed by atoms with Gasteiger partial charge in [0.1, 0.15) is 19.3 Å². The number of quaternary nitrogens is 1. The van der Waals surface area contributed by atoms with Crippen LogP contribution in [-0.4, -0.2) is 75.6 Å². The second kappa shape index (κ2) is 21.6. The highest BCUT2D eigenvalue weighted by molar-refractivity contribution is 7.47. The Morgan fingerprint density at radius 3 is 1.80 bits per heavy atom. The van der Waals surface area contributed by atoms with Crippen LogP contribution in [0.2, 0.25) is 0 Å². The van der Waals surface area contributed by atoms with Gasteiger partial charge in [-0.05, 0) is 6.42 Å². The van der Waals surface area contributed by atoms with Crippen molar-refractivity contribution in [2.45, 2.75) is 110 Å². The number of unbranched alkanes of at least 4 members (excludes halogenated alkanes) is 13. The molecule has 0 amide bonds. The molecule has 8 nitrogen and oxygen atoms in total. The maximum absolute atomic E-state index is 12.0. The SMILES string of the molecule is CCCCCCCCCCCCCCCCOC[C@H](COP(=O)(O)O[14CH2]C[N+](C)(C)C)OC(C)=O. The van der Waals surface area contributed by atoms with Crippen molar-refractivity contribution >= 4 is 13.8 Å². The maximum atomic E-state index is 12.0. The van der Waals surface area contributed by atoms with Gasteiger partial charge in [-0.1, -0.05) is 90.4 Å². The van der Waals surface area contributed by atoms with Crippen LogP contribution in [-0.2, 0) is 27.9 Å². The van der Waals surface area contributed by atoms with E-state index in [9.17, 15) is 14.3 Å². The van der Waals surface area contributed by atoms with Crippen molar-refractivity contribution in [3.63, 3.8) is 0 Å². The quantitative estimate of drug-likeness (QED) is 0.0650. The number of hydrogen-bond acceptors (Lipinski definition) is 6. The molecule has 0 aromatic heterocycles. The van der Waals surface area contributed by atoms with Crippen molar-refractivity contribution in [3.8, 4) is 0 Å². The fraction of sp³-hybridized carbons (Fsp3) is 0.962. The molecule has 0 aromatic carbocycles. The summed E-state index contributed by atoms with van der Waals surface area (Å²) in [6.07, 6.45) is 17.4. The second-order valence-electron chi connectivity index (χ2n) is 10.5. The number of carbonyl (C=O) groups is 1. The van der Waals surface area contributed by atoms with Crippen LogP contribution in [0.1, 0.15) is 104 Å². The standard InChI is InChI=1S/C26H54NO7P/c1-6-7-8-9-10-11-12-13-14-15-16-17-18-19-21-31-23-26(34-25(2)28)24-33-35(29,30)32-22-20-27(3,4)5/h26H,6-24H2,1-5H3/p+1/t26-/m1/s1/i22+2. The van der Waals surface area contributed by atoms with Gasteiger partial charge in [-0.2, -0.15) is 0 Å². The molecule has 2 atom stereocenters. The highest BCUT2D eigenvalue weighted by Gasteiger charge is 2.25. The van der Waals surface area contributed by atoms with Crippen LogP contribution in [0.5, 0.6) is 0 Å². The topological polar surface area (TPSA) is 91.3 Å². The summed E-state index contributed by atoms with van der Waals surface area (Å²) < 4.78 is 33.4. The van der Waals surface area contributed by atoms with E-state index in [1.54, 1.807) is 0 Å². The number of nitrogens with zero attached hydrogens (tertiary/aromatic N) is 1. The number of ether oxygens (including phenoxy) is 2. The summed E-state index contributed by atoms with van der Waals surface area (Å²) in [5.41, 5.74) is 0. The van der Waals surface area contributed by atoms with E-state index in [2.05, 4.69) is 6.92 Å². The van der Waals surface area contributed by atoms with Crippen molar-refractivity contribution < 1.29 is 37.3 Å². The van der Waals surface area contributed by atoms with E-state index >= 15 is 0 Å². The number of phosphoric ester groups is 1. The Labute approximate surface area is 215 Å². The summed E-state index contributed by atoms with van der Waals surface area (Å²) in [6.45, 7) is 4.63. The van der Waals surface area contributed by atoms with Gasteiger partial charge < -0.3 is 18.9 Å². The number of hydrogen-bond donors (Lipinski definition) is 1. The average molecular weight is 527 g/mol. The van der Waals surface area contributed by atoms with Crippen LogP contribution in [0.4, 0.5) is 0 Å². The van der Waals surface area contributed by atoms with Crippen molar-refractivity contribution in [2.24, 2.45) is 0 Å². The minimum Gasteiger partial charge on any atom is -0.458 e. The van der Waals surface area contributed by atoms with E-state index in [0.29, 0.717) is 17.6 Å². The highest BCUT2D eigenvalue weighted by Crippen LogP contribution is 2.43. The molecular weight excluding hydrogens is 471 g/mol. The monoisotopic (exact) mass is 526 g/mol. The largest absolute Gasteiger partial charge is 0.472 e. The van der Waals surface area contributed by atoms with Crippen molar-refractivity contribution in [2.75, 3.05) is 54.1 Å². The third kappa shape index (κ3) is 26.4. The molecule has 1 N–H and O–H groups in total. The molecule has 0 saturated heterocycles. The second-order valence-corrected chi connectivity index (χ2v) is 12.0. The van der Waals surface area contributed by atoms with Crippen molar-refractivity contribution in [1.29, 1.82) is 0 Å². The van der Waals surface area contributed by atoms with Crippen LogP contribution in [0.25, 0.3) is 0 Å². The predicted molar refractivity (Wildman–Crippen MR) is 141 cm³/mol. The minimum atomic E-state index is -4.21. The molecule has 0 fully saturated rings. The zero-order valence-electron chi connectivity index (χ0n) is 23.3. The Kier molecular flexibility index (Phi) is 21.3. The fourth-order valence-electron chi connectivity index (χ4n) is 3.61. The van der Waals surface area contributed by atoms with Gasteiger partial charge in [-0.25, -0.2) is 4.57 Å². The summed E-state index contributed by atoms with van der Waals surface area (Å²) in [7, 11) is 1.66. The maximum Gasteiger partial charge on any atom is 0.472 e. The lowest BCUT2D eigenvalue weighted by Crippen LogP contribution is -2.37. The number of phosphoric acid groups is 1. The first-order valence-corrected chi connectivity index (χ1v) is 15.2. The van der Waals surface area contributed by atoms with Crippen LogP contribution in [0.15, 0.2) is 0 Å². The summed E-state index contributed by atoms with van der Waals surface area (Å²) in [5.74, 6) is -0.489. The zero-order valence-corrected chi connectivity index (χ0v) is 24.2. The molecule has 0 radical (unpaired) electrons. The lowest BCUT2D eigenvalue weighted by Gasteiger charge is -2.24. The molecule has 1 unspecified atom stereocenters. The molecule has 0 spiro atoms. The minimum absolute atomic E-state index is 0.0884. The van der Waals surface area contributed by atoms with E-state index in [1.165, 1.54) is 84.0 Å². The first-order chi connectivity index (χ1) is 16.6. The first-order valence-electron chi connectivity index (χ1n) is 13.7. The van der Waals surface area contributed by atoms with Gasteiger partial charge in [0.2, 0.25) is 0 Å². The Morgan fingerprint density at radius 1 is 0.857 bits per heavy atom. The third-order valence-corrected chi connectivity index (χ3v) is 6.70. The summed E-state index contributed by atoms with van der Waals surface area (Å²) in [6, 6.07) is 0. The van der Waals surface area contributed by atoms with Gasteiger partial charge in [-0.15, -0.1) is 0 Å².